The largest absolute Gasteiger partial charge is 0.370 e. The number of nitrogens with two attached hydrogens (primary N) is 1. The highest BCUT2D eigenvalue weighted by molar-refractivity contribution is 5.77. The zero-order valence-corrected chi connectivity index (χ0v) is 12.8. The van der Waals surface area contributed by atoms with Gasteiger partial charge in [-0.1, -0.05) is 18.6 Å². The number of halogens is 1. The van der Waals surface area contributed by atoms with Crippen molar-refractivity contribution in [2.24, 2.45) is 16.6 Å². The summed E-state index contributed by atoms with van der Waals surface area (Å²) in [5.74, 6) is 0.996. The van der Waals surface area contributed by atoms with E-state index in [4.69, 9.17) is 5.73 Å². The Morgan fingerprint density at radius 2 is 2.24 bits per heavy atom. The average molecular weight is 292 g/mol. The van der Waals surface area contributed by atoms with Gasteiger partial charge >= 0.3 is 0 Å². The minimum absolute atomic E-state index is 0.0183. The van der Waals surface area contributed by atoms with Crippen molar-refractivity contribution in [3.05, 3.63) is 35.6 Å². The molecular weight excluding hydrogens is 267 g/mol. The van der Waals surface area contributed by atoms with Crippen LogP contribution >= 0.6 is 0 Å². The summed E-state index contributed by atoms with van der Waals surface area (Å²) in [6, 6.07) is 6.67. The van der Waals surface area contributed by atoms with E-state index < -0.39 is 0 Å². The highest BCUT2D eigenvalue weighted by atomic mass is 19.1. The lowest BCUT2D eigenvalue weighted by atomic mass is 9.85. The van der Waals surface area contributed by atoms with Gasteiger partial charge in [-0.2, -0.15) is 0 Å². The van der Waals surface area contributed by atoms with Gasteiger partial charge in [0.1, 0.15) is 5.82 Å². The normalized spacial score (nSPS) is 17.6. The van der Waals surface area contributed by atoms with E-state index in [9.17, 15) is 4.39 Å². The molecule has 0 radical (unpaired) electrons. The number of likely N-dealkylation sites (N-methyl/N-ethyl adjacent to an activating group) is 1. The zero-order valence-electron chi connectivity index (χ0n) is 12.8. The Labute approximate surface area is 126 Å². The second kappa shape index (κ2) is 7.41. The molecule has 4 nitrogen and oxygen atoms in total. The third kappa shape index (κ3) is 4.70. The van der Waals surface area contributed by atoms with Gasteiger partial charge in [-0.05, 0) is 50.6 Å². The standard InChI is InChI=1S/C16H25FN4/c1-21(2)15(13-7-4-8-14(17)9-13)11-20-16(18)19-10-12-5-3-6-12/h4,7-9,12,15H,3,5-6,10-11H2,1-2H3,(H3,18,19,20). The molecule has 0 aromatic heterocycles. The molecule has 1 aromatic rings. The maximum Gasteiger partial charge on any atom is 0.188 e. The van der Waals surface area contributed by atoms with Crippen LogP contribution in [0.25, 0.3) is 0 Å². The molecule has 1 atom stereocenters. The Kier molecular flexibility index (Phi) is 5.56. The van der Waals surface area contributed by atoms with Crippen molar-refractivity contribution < 1.29 is 4.39 Å². The van der Waals surface area contributed by atoms with E-state index in [2.05, 4.69) is 10.3 Å². The summed E-state index contributed by atoms with van der Waals surface area (Å²) in [4.78, 5) is 6.43. The van der Waals surface area contributed by atoms with Crippen molar-refractivity contribution in [1.82, 2.24) is 10.2 Å². The molecule has 21 heavy (non-hydrogen) atoms. The van der Waals surface area contributed by atoms with Crippen molar-refractivity contribution in [2.75, 3.05) is 27.2 Å². The van der Waals surface area contributed by atoms with Crippen molar-refractivity contribution in [3.63, 3.8) is 0 Å². The van der Waals surface area contributed by atoms with Crippen molar-refractivity contribution in [1.29, 1.82) is 0 Å². The van der Waals surface area contributed by atoms with Gasteiger partial charge in [-0.3, -0.25) is 4.99 Å². The van der Waals surface area contributed by atoms with Crippen molar-refractivity contribution in [3.8, 4) is 0 Å². The van der Waals surface area contributed by atoms with Gasteiger partial charge in [0.2, 0.25) is 0 Å². The van der Waals surface area contributed by atoms with Crippen LogP contribution in [0.15, 0.2) is 29.3 Å². The summed E-state index contributed by atoms with van der Waals surface area (Å²) in [5.41, 5.74) is 6.82. The molecule has 3 N–H and O–H groups in total. The van der Waals surface area contributed by atoms with Crippen LogP contribution in [-0.4, -0.2) is 38.0 Å². The minimum atomic E-state index is -0.223. The summed E-state index contributed by atoms with van der Waals surface area (Å²) in [6.45, 7) is 1.42. The maximum atomic E-state index is 13.4. The Morgan fingerprint density at radius 1 is 1.48 bits per heavy atom. The van der Waals surface area contributed by atoms with E-state index in [1.807, 2.05) is 25.1 Å². The van der Waals surface area contributed by atoms with Crippen LogP contribution in [0.1, 0.15) is 30.9 Å². The van der Waals surface area contributed by atoms with Gasteiger partial charge in [-0.15, -0.1) is 0 Å². The molecule has 0 amide bonds. The third-order valence-electron chi connectivity index (χ3n) is 4.09. The number of guanidine groups is 1. The average Bonchev–Trinajstić information content (AvgIpc) is 2.36. The Bertz CT molecular complexity index is 483. The Hall–Kier alpha value is -1.62. The van der Waals surface area contributed by atoms with Crippen LogP contribution in [0, 0.1) is 11.7 Å². The van der Waals surface area contributed by atoms with Crippen LogP contribution < -0.4 is 11.1 Å². The van der Waals surface area contributed by atoms with E-state index >= 15 is 0 Å². The summed E-state index contributed by atoms with van der Waals surface area (Å²) in [5, 5.41) is 3.18. The lowest BCUT2D eigenvalue weighted by Gasteiger charge is -2.26. The van der Waals surface area contributed by atoms with E-state index in [1.165, 1.54) is 25.3 Å². The molecule has 1 aliphatic carbocycles. The predicted molar refractivity (Wildman–Crippen MR) is 84.7 cm³/mol. The fourth-order valence-electron chi connectivity index (χ4n) is 2.47. The highest BCUT2D eigenvalue weighted by Gasteiger charge is 2.17. The Balaban J connectivity index is 1.92. The topological polar surface area (TPSA) is 53.6 Å². The van der Waals surface area contributed by atoms with E-state index in [-0.39, 0.29) is 11.9 Å². The number of rotatable bonds is 6. The molecule has 116 valence electrons. The lowest BCUT2D eigenvalue weighted by Crippen LogP contribution is -2.38. The Morgan fingerprint density at radius 3 is 2.81 bits per heavy atom. The first kappa shape index (κ1) is 15.8. The summed E-state index contributed by atoms with van der Waals surface area (Å²) in [6.07, 6.45) is 3.89. The first-order valence-corrected chi connectivity index (χ1v) is 7.52. The summed E-state index contributed by atoms with van der Waals surface area (Å²) < 4.78 is 13.4. The lowest BCUT2D eigenvalue weighted by molar-refractivity contribution is 0.304. The summed E-state index contributed by atoms with van der Waals surface area (Å²) in [7, 11) is 3.92. The van der Waals surface area contributed by atoms with Crippen LogP contribution in [0.5, 0.6) is 0 Å². The van der Waals surface area contributed by atoms with Gasteiger partial charge < -0.3 is 16.0 Å². The number of benzene rings is 1. The third-order valence-corrected chi connectivity index (χ3v) is 4.09. The van der Waals surface area contributed by atoms with Crippen LogP contribution in [0.2, 0.25) is 0 Å². The molecule has 0 heterocycles. The minimum Gasteiger partial charge on any atom is -0.370 e. The monoisotopic (exact) mass is 292 g/mol. The first-order chi connectivity index (χ1) is 10.1. The van der Waals surface area contributed by atoms with Gasteiger partial charge in [0.05, 0.1) is 12.6 Å². The van der Waals surface area contributed by atoms with Crippen LogP contribution in [0.3, 0.4) is 0 Å². The second-order valence-electron chi connectivity index (χ2n) is 5.94. The van der Waals surface area contributed by atoms with E-state index in [0.717, 1.165) is 18.0 Å². The zero-order chi connectivity index (χ0) is 15.2. The molecule has 1 saturated carbocycles. The second-order valence-corrected chi connectivity index (χ2v) is 5.94. The van der Waals surface area contributed by atoms with Gasteiger partial charge in [0.25, 0.3) is 0 Å². The van der Waals surface area contributed by atoms with Gasteiger partial charge in [-0.25, -0.2) is 4.39 Å². The molecule has 1 unspecified atom stereocenters. The molecule has 1 aliphatic rings. The number of aliphatic imine (C=N–C) groups is 1. The van der Waals surface area contributed by atoms with Crippen molar-refractivity contribution in [2.45, 2.75) is 25.3 Å². The van der Waals surface area contributed by atoms with Crippen LogP contribution in [-0.2, 0) is 0 Å². The predicted octanol–water partition coefficient (Wildman–Crippen LogP) is 2.13. The summed E-state index contributed by atoms with van der Waals surface area (Å²) >= 11 is 0. The highest BCUT2D eigenvalue weighted by Crippen LogP contribution is 2.25. The molecule has 1 aromatic carbocycles. The fourth-order valence-corrected chi connectivity index (χ4v) is 2.47. The molecule has 0 spiro atoms. The fraction of sp³-hybridized carbons (Fsp3) is 0.562. The SMILES string of the molecule is CN(C)C(CN=C(N)NCC1CCC1)c1cccc(F)c1. The first-order valence-electron chi connectivity index (χ1n) is 7.52. The number of hydrogen-bond acceptors (Lipinski definition) is 2. The molecule has 0 bridgehead atoms. The van der Waals surface area contributed by atoms with E-state index in [0.29, 0.717) is 12.5 Å². The van der Waals surface area contributed by atoms with Crippen molar-refractivity contribution >= 4 is 5.96 Å². The van der Waals surface area contributed by atoms with Crippen LogP contribution in [0.4, 0.5) is 4.39 Å². The number of nitrogens with one attached hydrogen (secondary N) is 1. The molecule has 5 heteroatoms. The van der Waals surface area contributed by atoms with Gasteiger partial charge in [0.15, 0.2) is 5.96 Å². The molecule has 0 saturated heterocycles. The quantitative estimate of drug-likeness (QED) is 0.624. The maximum absolute atomic E-state index is 13.4. The molecule has 2 rings (SSSR count). The molecule has 1 fully saturated rings. The van der Waals surface area contributed by atoms with E-state index in [1.54, 1.807) is 12.1 Å². The smallest absolute Gasteiger partial charge is 0.188 e. The number of hydrogen-bond donors (Lipinski definition) is 2. The van der Waals surface area contributed by atoms with Gasteiger partial charge in [0, 0.05) is 6.54 Å². The molecule has 0 aliphatic heterocycles. The molecular formula is C16H25FN4. The number of nitrogens with zero attached hydrogens (tertiary/aromatic N) is 2.